The van der Waals surface area contributed by atoms with Crippen molar-refractivity contribution in [2.75, 3.05) is 11.4 Å². The standard InChI is InChI=1S/C16H14F3N5O/c17-16(18,19)11-3-1-2-10(6-11)13-7-12(25)8-24(13)14-15-22-21-9-23(15)5-4-20-14/h1-6,9,12-13,25H,7-8H2/t12-,13+/m0/s1. The molecule has 4 rings (SSSR count). The molecule has 1 aliphatic heterocycles. The van der Waals surface area contributed by atoms with Gasteiger partial charge in [-0.1, -0.05) is 12.1 Å². The molecule has 0 radical (unpaired) electrons. The molecule has 1 saturated heterocycles. The van der Waals surface area contributed by atoms with Gasteiger partial charge >= 0.3 is 6.18 Å². The Balaban J connectivity index is 1.77. The monoisotopic (exact) mass is 349 g/mol. The zero-order valence-corrected chi connectivity index (χ0v) is 12.9. The van der Waals surface area contributed by atoms with Crippen LogP contribution in [0, 0.1) is 0 Å². The van der Waals surface area contributed by atoms with Gasteiger partial charge < -0.3 is 10.0 Å². The van der Waals surface area contributed by atoms with Gasteiger partial charge in [-0.25, -0.2) is 4.98 Å². The summed E-state index contributed by atoms with van der Waals surface area (Å²) in [7, 11) is 0. The Bertz CT molecular complexity index is 910. The van der Waals surface area contributed by atoms with Crippen molar-refractivity contribution in [2.45, 2.75) is 24.7 Å². The van der Waals surface area contributed by atoms with Crippen LogP contribution in [-0.2, 0) is 6.18 Å². The Kier molecular flexibility index (Phi) is 3.60. The highest BCUT2D eigenvalue weighted by atomic mass is 19.4. The fourth-order valence-electron chi connectivity index (χ4n) is 3.23. The molecule has 0 aliphatic carbocycles. The van der Waals surface area contributed by atoms with Crippen LogP contribution in [0.1, 0.15) is 23.6 Å². The maximum Gasteiger partial charge on any atom is 0.416 e. The maximum atomic E-state index is 13.0. The zero-order chi connectivity index (χ0) is 17.6. The summed E-state index contributed by atoms with van der Waals surface area (Å²) in [6, 6.07) is 4.75. The molecule has 9 heteroatoms. The van der Waals surface area contributed by atoms with Crippen molar-refractivity contribution >= 4 is 11.5 Å². The summed E-state index contributed by atoms with van der Waals surface area (Å²) >= 11 is 0. The number of hydrogen-bond acceptors (Lipinski definition) is 5. The number of β-amino-alcohol motifs (C(OH)–C–C–N with tert-alkyl or cyclic N) is 1. The van der Waals surface area contributed by atoms with Crippen molar-refractivity contribution in [3.63, 3.8) is 0 Å². The molecule has 0 unspecified atom stereocenters. The summed E-state index contributed by atoms with van der Waals surface area (Å²) in [5, 5.41) is 18.0. The summed E-state index contributed by atoms with van der Waals surface area (Å²) < 4.78 is 40.7. The summed E-state index contributed by atoms with van der Waals surface area (Å²) in [4.78, 5) is 6.09. The van der Waals surface area contributed by atoms with E-state index >= 15 is 0 Å². The van der Waals surface area contributed by atoms with Gasteiger partial charge in [-0.3, -0.25) is 4.40 Å². The van der Waals surface area contributed by atoms with Crippen molar-refractivity contribution in [2.24, 2.45) is 0 Å². The molecular formula is C16H14F3N5O. The molecule has 0 saturated carbocycles. The minimum absolute atomic E-state index is 0.264. The minimum atomic E-state index is -4.41. The average Bonchev–Trinajstić information content (AvgIpc) is 3.20. The molecule has 130 valence electrons. The van der Waals surface area contributed by atoms with Crippen LogP contribution in [0.5, 0.6) is 0 Å². The van der Waals surface area contributed by atoms with Crippen molar-refractivity contribution < 1.29 is 18.3 Å². The third-order valence-electron chi connectivity index (χ3n) is 4.35. The number of benzene rings is 1. The second kappa shape index (κ2) is 5.69. The Hall–Kier alpha value is -2.68. The normalized spacial score (nSPS) is 21.2. The first-order chi connectivity index (χ1) is 11.9. The minimum Gasteiger partial charge on any atom is -0.391 e. The summed E-state index contributed by atoms with van der Waals surface area (Å²) in [6.45, 7) is 0.264. The lowest BCUT2D eigenvalue weighted by Crippen LogP contribution is -2.26. The van der Waals surface area contributed by atoms with E-state index in [-0.39, 0.29) is 6.54 Å². The molecule has 2 aromatic heterocycles. The topological polar surface area (TPSA) is 66.5 Å². The van der Waals surface area contributed by atoms with E-state index in [1.807, 2.05) is 0 Å². The molecular weight excluding hydrogens is 335 g/mol. The highest BCUT2D eigenvalue weighted by Crippen LogP contribution is 2.38. The SMILES string of the molecule is O[C@H]1C[C@H](c2cccc(C(F)(F)F)c2)N(c2nccn3cnnc23)C1. The predicted octanol–water partition coefficient (Wildman–Crippen LogP) is 2.46. The number of hydrogen-bond donors (Lipinski definition) is 1. The lowest BCUT2D eigenvalue weighted by molar-refractivity contribution is -0.137. The molecule has 1 N–H and O–H groups in total. The van der Waals surface area contributed by atoms with Gasteiger partial charge in [0.1, 0.15) is 6.33 Å². The number of aromatic nitrogens is 4. The quantitative estimate of drug-likeness (QED) is 0.770. The van der Waals surface area contributed by atoms with E-state index in [1.165, 1.54) is 12.4 Å². The molecule has 1 aliphatic rings. The van der Waals surface area contributed by atoms with Crippen LogP contribution >= 0.6 is 0 Å². The Morgan fingerprint density at radius 2 is 2.08 bits per heavy atom. The maximum absolute atomic E-state index is 13.0. The van der Waals surface area contributed by atoms with Gasteiger partial charge in [0.05, 0.1) is 17.7 Å². The van der Waals surface area contributed by atoms with Crippen molar-refractivity contribution in [1.29, 1.82) is 0 Å². The van der Waals surface area contributed by atoms with Gasteiger partial charge in [0.15, 0.2) is 5.82 Å². The van der Waals surface area contributed by atoms with Crippen LogP contribution < -0.4 is 4.90 Å². The largest absolute Gasteiger partial charge is 0.416 e. The highest BCUT2D eigenvalue weighted by Gasteiger charge is 2.36. The molecule has 0 amide bonds. The summed E-state index contributed by atoms with van der Waals surface area (Å²) in [5.41, 5.74) is 0.267. The van der Waals surface area contributed by atoms with E-state index in [9.17, 15) is 18.3 Å². The molecule has 1 aromatic carbocycles. The number of alkyl halides is 3. The second-order valence-corrected chi connectivity index (χ2v) is 5.99. The van der Waals surface area contributed by atoms with Crippen molar-refractivity contribution in [1.82, 2.24) is 19.6 Å². The van der Waals surface area contributed by atoms with Crippen molar-refractivity contribution in [3.8, 4) is 0 Å². The fourth-order valence-corrected chi connectivity index (χ4v) is 3.23. The van der Waals surface area contributed by atoms with E-state index in [1.54, 1.807) is 27.8 Å². The molecule has 2 atom stereocenters. The van der Waals surface area contributed by atoms with Gasteiger partial charge in [0.2, 0.25) is 5.65 Å². The number of anilines is 1. The van der Waals surface area contributed by atoms with Crippen LogP contribution in [0.3, 0.4) is 0 Å². The molecule has 6 nitrogen and oxygen atoms in total. The van der Waals surface area contributed by atoms with E-state index in [0.717, 1.165) is 12.1 Å². The Morgan fingerprint density at radius 1 is 1.24 bits per heavy atom. The third kappa shape index (κ3) is 2.80. The number of nitrogens with zero attached hydrogens (tertiary/aromatic N) is 5. The number of rotatable bonds is 2. The zero-order valence-electron chi connectivity index (χ0n) is 12.9. The first kappa shape index (κ1) is 15.8. The lowest BCUT2D eigenvalue weighted by atomic mass is 10.0. The van der Waals surface area contributed by atoms with Crippen LogP contribution in [0.15, 0.2) is 43.0 Å². The van der Waals surface area contributed by atoms with Crippen LogP contribution in [0.2, 0.25) is 0 Å². The van der Waals surface area contributed by atoms with Gasteiger partial charge in [0, 0.05) is 18.9 Å². The summed E-state index contributed by atoms with van der Waals surface area (Å²) in [5.74, 6) is 0.485. The van der Waals surface area contributed by atoms with E-state index in [2.05, 4.69) is 15.2 Å². The first-order valence-corrected chi connectivity index (χ1v) is 7.69. The highest BCUT2D eigenvalue weighted by molar-refractivity contribution is 5.65. The van der Waals surface area contributed by atoms with E-state index in [4.69, 9.17) is 0 Å². The van der Waals surface area contributed by atoms with Crippen molar-refractivity contribution in [3.05, 3.63) is 54.1 Å². The molecule has 1 fully saturated rings. The smallest absolute Gasteiger partial charge is 0.391 e. The third-order valence-corrected chi connectivity index (χ3v) is 4.35. The number of fused-ring (bicyclic) bond motifs is 1. The van der Waals surface area contributed by atoms with Gasteiger partial charge in [0.25, 0.3) is 0 Å². The van der Waals surface area contributed by atoms with E-state index in [0.29, 0.717) is 23.4 Å². The number of halogens is 3. The number of aliphatic hydroxyl groups excluding tert-OH is 1. The van der Waals surface area contributed by atoms with Crippen LogP contribution in [-0.4, -0.2) is 37.3 Å². The second-order valence-electron chi connectivity index (χ2n) is 5.99. The Morgan fingerprint density at radius 3 is 2.88 bits per heavy atom. The number of aliphatic hydroxyl groups is 1. The molecule has 3 heterocycles. The first-order valence-electron chi connectivity index (χ1n) is 7.69. The average molecular weight is 349 g/mol. The van der Waals surface area contributed by atoms with Crippen LogP contribution in [0.25, 0.3) is 5.65 Å². The fraction of sp³-hybridized carbons (Fsp3) is 0.312. The van der Waals surface area contributed by atoms with Crippen LogP contribution in [0.4, 0.5) is 19.0 Å². The predicted molar refractivity (Wildman–Crippen MR) is 82.9 cm³/mol. The van der Waals surface area contributed by atoms with Gasteiger partial charge in [-0.05, 0) is 24.1 Å². The molecule has 0 bridgehead atoms. The van der Waals surface area contributed by atoms with E-state index < -0.39 is 23.9 Å². The summed E-state index contributed by atoms with van der Waals surface area (Å²) in [6.07, 6.45) is 0.0161. The van der Waals surface area contributed by atoms with Gasteiger partial charge in [-0.2, -0.15) is 13.2 Å². The molecule has 0 spiro atoms. The Labute approximate surface area is 140 Å². The molecule has 3 aromatic rings. The molecule has 25 heavy (non-hydrogen) atoms. The van der Waals surface area contributed by atoms with Gasteiger partial charge in [-0.15, -0.1) is 10.2 Å². The lowest BCUT2D eigenvalue weighted by Gasteiger charge is -2.26.